The molecule has 3 N–H and O–H groups in total. The first-order valence-electron chi connectivity index (χ1n) is 8.16. The molecule has 2 aromatic rings. The SMILES string of the molecule is CN(Cc1cc(Cl)ccc1F)C(=O)/C(C#N)=C(\O)c1cc(O)c(O)c(S(C)(=O)=O)c1. The predicted molar refractivity (Wildman–Crippen MR) is 106 cm³/mol. The number of hydrogen-bond acceptors (Lipinski definition) is 7. The second-order valence-electron chi connectivity index (χ2n) is 6.35. The molecule has 0 radical (unpaired) electrons. The molecular formula is C19H16ClFN2O6S. The van der Waals surface area contributed by atoms with Crippen LogP contribution in [-0.2, 0) is 21.2 Å². The van der Waals surface area contributed by atoms with Crippen LogP contribution in [0.25, 0.3) is 5.76 Å². The summed E-state index contributed by atoms with van der Waals surface area (Å²) in [4.78, 5) is 12.9. The van der Waals surface area contributed by atoms with Gasteiger partial charge in [-0.3, -0.25) is 4.79 Å². The van der Waals surface area contributed by atoms with Crippen molar-refractivity contribution in [1.29, 1.82) is 5.26 Å². The lowest BCUT2D eigenvalue weighted by atomic mass is 10.1. The Kier molecular flexibility index (Phi) is 6.60. The number of carbonyl (C=O) groups excluding carboxylic acids is 1. The third-order valence-corrected chi connectivity index (χ3v) is 5.40. The molecule has 0 aliphatic carbocycles. The lowest BCUT2D eigenvalue weighted by Crippen LogP contribution is -2.28. The zero-order valence-corrected chi connectivity index (χ0v) is 17.3. The molecule has 11 heteroatoms. The minimum atomic E-state index is -4.01. The fourth-order valence-corrected chi connectivity index (χ4v) is 3.53. The number of likely N-dealkylation sites (N-methyl/N-ethyl adjacent to an activating group) is 1. The minimum absolute atomic E-state index is 0.0665. The first-order valence-corrected chi connectivity index (χ1v) is 10.4. The zero-order valence-electron chi connectivity index (χ0n) is 15.7. The normalized spacial score (nSPS) is 12.1. The van der Waals surface area contributed by atoms with E-state index in [-0.39, 0.29) is 17.1 Å². The summed E-state index contributed by atoms with van der Waals surface area (Å²) in [5.41, 5.74) is -1.11. The number of sulfone groups is 1. The van der Waals surface area contributed by atoms with Crippen LogP contribution in [-0.4, -0.2) is 47.8 Å². The van der Waals surface area contributed by atoms with Gasteiger partial charge in [-0.1, -0.05) is 11.6 Å². The van der Waals surface area contributed by atoms with E-state index < -0.39 is 54.9 Å². The van der Waals surface area contributed by atoms with E-state index in [1.165, 1.54) is 25.2 Å². The fourth-order valence-electron chi connectivity index (χ4n) is 2.54. The van der Waals surface area contributed by atoms with Gasteiger partial charge in [0.05, 0.1) is 0 Å². The van der Waals surface area contributed by atoms with E-state index in [0.29, 0.717) is 0 Å². The molecule has 2 rings (SSSR count). The molecule has 30 heavy (non-hydrogen) atoms. The van der Waals surface area contributed by atoms with Crippen LogP contribution in [0.15, 0.2) is 40.8 Å². The lowest BCUT2D eigenvalue weighted by molar-refractivity contribution is -0.126. The summed E-state index contributed by atoms with van der Waals surface area (Å²) < 4.78 is 37.4. The summed E-state index contributed by atoms with van der Waals surface area (Å²) in [6.07, 6.45) is 0.760. The second-order valence-corrected chi connectivity index (χ2v) is 8.77. The standard InChI is InChI=1S/C19H16ClFN2O6S/c1-23(9-11-5-12(20)3-4-14(11)21)19(27)13(8-22)17(25)10-6-15(24)18(26)16(7-10)30(2,28)29/h3-7,24-26H,9H2,1-2H3/b17-13-. The molecule has 0 atom stereocenters. The third-order valence-electron chi connectivity index (χ3n) is 4.05. The number of nitrogens with zero attached hydrogens (tertiary/aromatic N) is 2. The average molecular weight is 455 g/mol. The fraction of sp³-hybridized carbons (Fsp3) is 0.158. The van der Waals surface area contributed by atoms with Crippen LogP contribution >= 0.6 is 11.6 Å². The molecule has 1 amide bonds. The number of nitriles is 1. The number of aromatic hydroxyl groups is 2. The molecule has 0 spiro atoms. The van der Waals surface area contributed by atoms with Crippen molar-refractivity contribution in [1.82, 2.24) is 4.90 Å². The number of hydrogen-bond donors (Lipinski definition) is 3. The van der Waals surface area contributed by atoms with Crippen molar-refractivity contribution in [2.24, 2.45) is 0 Å². The number of aliphatic hydroxyl groups is 1. The Labute approximate surface area is 176 Å². The molecule has 158 valence electrons. The van der Waals surface area contributed by atoms with E-state index >= 15 is 0 Å². The third kappa shape index (κ3) is 4.82. The highest BCUT2D eigenvalue weighted by atomic mass is 35.5. The Balaban J connectivity index is 2.49. The van der Waals surface area contributed by atoms with Gasteiger partial charge in [-0.05, 0) is 30.3 Å². The van der Waals surface area contributed by atoms with Crippen LogP contribution in [0, 0.1) is 17.1 Å². The van der Waals surface area contributed by atoms with Crippen LogP contribution in [0.2, 0.25) is 5.02 Å². The van der Waals surface area contributed by atoms with Crippen molar-refractivity contribution in [2.75, 3.05) is 13.3 Å². The summed E-state index contributed by atoms with van der Waals surface area (Å²) in [6.45, 7) is -0.279. The molecule has 0 aliphatic rings. The number of halogens is 2. The molecule has 0 saturated heterocycles. The number of rotatable bonds is 5. The molecular weight excluding hydrogens is 439 g/mol. The van der Waals surface area contributed by atoms with Crippen molar-refractivity contribution < 1.29 is 32.9 Å². The average Bonchev–Trinajstić information content (AvgIpc) is 2.66. The number of carbonyl (C=O) groups is 1. The summed E-state index contributed by atoms with van der Waals surface area (Å²) in [7, 11) is -2.75. The Morgan fingerprint density at radius 2 is 1.90 bits per heavy atom. The van der Waals surface area contributed by atoms with E-state index in [9.17, 15) is 38.2 Å². The van der Waals surface area contributed by atoms with Crippen LogP contribution in [0.4, 0.5) is 4.39 Å². The number of phenols is 2. The molecule has 8 nitrogen and oxygen atoms in total. The Bertz CT molecular complexity index is 1200. The van der Waals surface area contributed by atoms with E-state index in [1.54, 1.807) is 0 Å². The summed E-state index contributed by atoms with van der Waals surface area (Å²) in [5.74, 6) is -4.37. The highest BCUT2D eigenvalue weighted by Crippen LogP contribution is 2.36. The second kappa shape index (κ2) is 8.61. The van der Waals surface area contributed by atoms with Gasteiger partial charge >= 0.3 is 0 Å². The molecule has 0 fully saturated rings. The van der Waals surface area contributed by atoms with Gasteiger partial charge in [0, 0.05) is 36.0 Å². The smallest absolute Gasteiger partial charge is 0.268 e. The zero-order chi connectivity index (χ0) is 22.8. The van der Waals surface area contributed by atoms with Crippen LogP contribution in [0.5, 0.6) is 11.5 Å². The highest BCUT2D eigenvalue weighted by Gasteiger charge is 2.24. The first-order chi connectivity index (χ1) is 13.9. The van der Waals surface area contributed by atoms with Gasteiger partial charge < -0.3 is 20.2 Å². The van der Waals surface area contributed by atoms with Crippen LogP contribution in [0.1, 0.15) is 11.1 Å². The van der Waals surface area contributed by atoms with E-state index in [2.05, 4.69) is 0 Å². The molecule has 0 bridgehead atoms. The molecule has 0 heterocycles. The maximum absolute atomic E-state index is 13.9. The van der Waals surface area contributed by atoms with Gasteiger partial charge in [0.1, 0.15) is 22.5 Å². The van der Waals surface area contributed by atoms with Crippen molar-refractivity contribution >= 4 is 33.1 Å². The quantitative estimate of drug-likeness (QED) is 0.273. The Hall–Kier alpha value is -3.29. The topological polar surface area (TPSA) is 139 Å². The largest absolute Gasteiger partial charge is 0.506 e. The number of aliphatic hydroxyl groups excluding tert-OH is 1. The molecule has 0 aromatic heterocycles. The number of benzene rings is 2. The van der Waals surface area contributed by atoms with E-state index in [0.717, 1.165) is 29.4 Å². The molecule has 0 aliphatic heterocycles. The minimum Gasteiger partial charge on any atom is -0.506 e. The van der Waals surface area contributed by atoms with Crippen molar-refractivity contribution in [3.63, 3.8) is 0 Å². The molecule has 0 unspecified atom stereocenters. The highest BCUT2D eigenvalue weighted by molar-refractivity contribution is 7.90. The van der Waals surface area contributed by atoms with Crippen molar-refractivity contribution in [3.05, 3.63) is 57.9 Å². The maximum Gasteiger partial charge on any atom is 0.268 e. The summed E-state index contributed by atoms with van der Waals surface area (Å²) in [6, 6.07) is 6.84. The maximum atomic E-state index is 13.9. The van der Waals surface area contributed by atoms with E-state index in [4.69, 9.17) is 11.6 Å². The monoisotopic (exact) mass is 454 g/mol. The number of phenolic OH excluding ortho intramolecular Hbond substituents is 2. The van der Waals surface area contributed by atoms with Gasteiger partial charge in [0.15, 0.2) is 26.9 Å². The van der Waals surface area contributed by atoms with Crippen LogP contribution < -0.4 is 0 Å². The van der Waals surface area contributed by atoms with Crippen molar-refractivity contribution in [2.45, 2.75) is 11.4 Å². The summed E-state index contributed by atoms with van der Waals surface area (Å²) >= 11 is 5.81. The molecule has 2 aromatic carbocycles. The summed E-state index contributed by atoms with van der Waals surface area (Å²) in [5, 5.41) is 39.5. The van der Waals surface area contributed by atoms with Gasteiger partial charge in [-0.25, -0.2) is 12.8 Å². The Morgan fingerprint density at radius 1 is 1.27 bits per heavy atom. The van der Waals surface area contributed by atoms with Gasteiger partial charge in [-0.15, -0.1) is 0 Å². The van der Waals surface area contributed by atoms with Gasteiger partial charge in [0.2, 0.25) is 0 Å². The Morgan fingerprint density at radius 3 is 2.47 bits per heavy atom. The molecule has 0 saturated carbocycles. The van der Waals surface area contributed by atoms with Crippen LogP contribution in [0.3, 0.4) is 0 Å². The van der Waals surface area contributed by atoms with Gasteiger partial charge in [-0.2, -0.15) is 5.26 Å². The number of amides is 1. The van der Waals surface area contributed by atoms with Crippen molar-refractivity contribution in [3.8, 4) is 17.6 Å². The van der Waals surface area contributed by atoms with Gasteiger partial charge in [0.25, 0.3) is 5.91 Å². The lowest BCUT2D eigenvalue weighted by Gasteiger charge is -2.18. The first kappa shape index (κ1) is 23.0. The predicted octanol–water partition coefficient (Wildman–Crippen LogP) is 2.75. The van der Waals surface area contributed by atoms with E-state index in [1.807, 2.05) is 0 Å².